The van der Waals surface area contributed by atoms with Crippen molar-refractivity contribution in [1.29, 1.82) is 0 Å². The summed E-state index contributed by atoms with van der Waals surface area (Å²) in [5.74, 6) is 0. The molecule has 1 fully saturated rings. The van der Waals surface area contributed by atoms with Gasteiger partial charge in [-0.15, -0.1) is 0 Å². The molecule has 0 saturated carbocycles. The normalized spacial score (nSPS) is 25.0. The minimum atomic E-state index is 0.524. The van der Waals surface area contributed by atoms with Crippen LogP contribution in [0, 0.1) is 0 Å². The summed E-state index contributed by atoms with van der Waals surface area (Å²) in [6, 6.07) is 12.0. The lowest BCUT2D eigenvalue weighted by atomic mass is 10.0. The van der Waals surface area contributed by atoms with E-state index in [1.54, 1.807) is 0 Å². The van der Waals surface area contributed by atoms with Gasteiger partial charge in [0.15, 0.2) is 0 Å². The van der Waals surface area contributed by atoms with E-state index < -0.39 is 0 Å². The van der Waals surface area contributed by atoms with Gasteiger partial charge in [0.1, 0.15) is 0 Å². The zero-order chi connectivity index (χ0) is 11.4. The molecule has 16 heavy (non-hydrogen) atoms. The minimum absolute atomic E-state index is 0.524. The molecule has 1 aromatic rings. The van der Waals surface area contributed by atoms with E-state index in [1.165, 1.54) is 12.0 Å². The Kier molecular flexibility index (Phi) is 3.97. The quantitative estimate of drug-likeness (QED) is 0.820. The first kappa shape index (κ1) is 11.6. The molecule has 1 N–H and O–H groups in total. The Bertz CT molecular complexity index is 310. The zero-order valence-electron chi connectivity index (χ0n) is 10.3. The third-order valence-electron chi connectivity index (χ3n) is 3.63. The van der Waals surface area contributed by atoms with E-state index in [4.69, 9.17) is 0 Å². The predicted molar refractivity (Wildman–Crippen MR) is 68.5 cm³/mol. The maximum absolute atomic E-state index is 3.47. The van der Waals surface area contributed by atoms with Gasteiger partial charge in [-0.1, -0.05) is 30.3 Å². The molecule has 2 nitrogen and oxygen atoms in total. The largest absolute Gasteiger partial charge is 0.315 e. The second-order valence-electron chi connectivity index (χ2n) is 4.71. The van der Waals surface area contributed by atoms with Crippen LogP contribution in [-0.4, -0.2) is 30.6 Å². The summed E-state index contributed by atoms with van der Waals surface area (Å²) in [4.78, 5) is 2.61. The van der Waals surface area contributed by atoms with Gasteiger partial charge in [0.2, 0.25) is 0 Å². The van der Waals surface area contributed by atoms with E-state index in [0.29, 0.717) is 12.1 Å². The molecular formula is C14H22N2. The van der Waals surface area contributed by atoms with Crippen LogP contribution < -0.4 is 5.32 Å². The van der Waals surface area contributed by atoms with Crippen LogP contribution in [0.1, 0.15) is 31.9 Å². The van der Waals surface area contributed by atoms with Gasteiger partial charge in [0.05, 0.1) is 0 Å². The van der Waals surface area contributed by atoms with Crippen molar-refractivity contribution in [3.05, 3.63) is 35.9 Å². The molecule has 2 atom stereocenters. The Morgan fingerprint density at radius 1 is 1.25 bits per heavy atom. The zero-order valence-corrected chi connectivity index (χ0v) is 10.3. The van der Waals surface area contributed by atoms with Gasteiger partial charge in [-0.2, -0.15) is 0 Å². The Morgan fingerprint density at radius 2 is 2.00 bits per heavy atom. The highest BCUT2D eigenvalue weighted by molar-refractivity contribution is 5.18. The first-order valence-electron chi connectivity index (χ1n) is 6.30. The van der Waals surface area contributed by atoms with Crippen molar-refractivity contribution in [3.8, 4) is 0 Å². The Labute approximate surface area is 98.7 Å². The fourth-order valence-electron chi connectivity index (χ4n) is 2.53. The highest BCUT2D eigenvalue weighted by atomic mass is 15.2. The first-order chi connectivity index (χ1) is 7.79. The molecule has 0 spiro atoms. The van der Waals surface area contributed by atoms with Crippen molar-refractivity contribution in [1.82, 2.24) is 10.2 Å². The van der Waals surface area contributed by atoms with Crippen LogP contribution in [0.3, 0.4) is 0 Å². The van der Waals surface area contributed by atoms with Crippen molar-refractivity contribution in [2.75, 3.05) is 19.6 Å². The Morgan fingerprint density at radius 3 is 2.75 bits per heavy atom. The predicted octanol–water partition coefficient (Wildman–Crippen LogP) is 2.43. The molecule has 2 unspecified atom stereocenters. The van der Waals surface area contributed by atoms with E-state index in [2.05, 4.69) is 54.4 Å². The number of rotatable bonds is 2. The van der Waals surface area contributed by atoms with Crippen LogP contribution in [0.4, 0.5) is 0 Å². The van der Waals surface area contributed by atoms with E-state index in [0.717, 1.165) is 19.6 Å². The highest BCUT2D eigenvalue weighted by Gasteiger charge is 2.22. The standard InChI is InChI=1S/C14H22N2/c1-12-8-9-15-10-11-16(12)13(2)14-6-4-3-5-7-14/h3-7,12-13,15H,8-11H2,1-2H3. The van der Waals surface area contributed by atoms with Gasteiger partial charge in [0, 0.05) is 25.2 Å². The summed E-state index contributed by atoms with van der Waals surface area (Å²) >= 11 is 0. The van der Waals surface area contributed by atoms with Crippen LogP contribution in [0.25, 0.3) is 0 Å². The SMILES string of the molecule is CC1CCNCCN1C(C)c1ccccc1. The van der Waals surface area contributed by atoms with Gasteiger partial charge in [-0.05, 0) is 32.4 Å². The molecule has 1 aliphatic heterocycles. The molecule has 0 radical (unpaired) electrons. The first-order valence-corrected chi connectivity index (χ1v) is 6.30. The number of nitrogens with zero attached hydrogens (tertiary/aromatic N) is 1. The van der Waals surface area contributed by atoms with Crippen molar-refractivity contribution >= 4 is 0 Å². The van der Waals surface area contributed by atoms with Crippen LogP contribution in [-0.2, 0) is 0 Å². The minimum Gasteiger partial charge on any atom is -0.315 e. The van der Waals surface area contributed by atoms with Gasteiger partial charge in [-0.3, -0.25) is 4.90 Å². The number of hydrogen-bond acceptors (Lipinski definition) is 2. The van der Waals surface area contributed by atoms with Crippen molar-refractivity contribution in [2.45, 2.75) is 32.4 Å². The lowest BCUT2D eigenvalue weighted by Crippen LogP contribution is -2.36. The molecule has 0 aliphatic carbocycles. The molecule has 0 bridgehead atoms. The fourth-order valence-corrected chi connectivity index (χ4v) is 2.53. The van der Waals surface area contributed by atoms with Crippen LogP contribution in [0.5, 0.6) is 0 Å². The average molecular weight is 218 g/mol. The number of hydrogen-bond donors (Lipinski definition) is 1. The van der Waals surface area contributed by atoms with E-state index >= 15 is 0 Å². The summed E-state index contributed by atoms with van der Waals surface area (Å²) in [6.45, 7) is 8.07. The molecule has 0 aromatic heterocycles. The molecule has 88 valence electrons. The molecule has 1 aliphatic rings. The third kappa shape index (κ3) is 2.63. The molecule has 2 rings (SSSR count). The number of nitrogens with one attached hydrogen (secondary N) is 1. The van der Waals surface area contributed by atoms with E-state index in [9.17, 15) is 0 Å². The van der Waals surface area contributed by atoms with Crippen molar-refractivity contribution in [3.63, 3.8) is 0 Å². The molecule has 1 aromatic carbocycles. The maximum Gasteiger partial charge on any atom is 0.0323 e. The molecule has 1 saturated heterocycles. The van der Waals surface area contributed by atoms with Crippen LogP contribution >= 0.6 is 0 Å². The third-order valence-corrected chi connectivity index (χ3v) is 3.63. The van der Waals surface area contributed by atoms with Crippen LogP contribution in [0.15, 0.2) is 30.3 Å². The molecule has 0 amide bonds. The number of benzene rings is 1. The second-order valence-corrected chi connectivity index (χ2v) is 4.71. The van der Waals surface area contributed by atoms with Gasteiger partial charge in [-0.25, -0.2) is 0 Å². The van der Waals surface area contributed by atoms with Gasteiger partial charge in [0.25, 0.3) is 0 Å². The van der Waals surface area contributed by atoms with Crippen molar-refractivity contribution in [2.24, 2.45) is 0 Å². The lowest BCUT2D eigenvalue weighted by Gasteiger charge is -2.33. The van der Waals surface area contributed by atoms with Crippen molar-refractivity contribution < 1.29 is 0 Å². The summed E-state index contributed by atoms with van der Waals surface area (Å²) < 4.78 is 0. The van der Waals surface area contributed by atoms with Gasteiger partial charge >= 0.3 is 0 Å². The van der Waals surface area contributed by atoms with Crippen LogP contribution in [0.2, 0.25) is 0 Å². The smallest absolute Gasteiger partial charge is 0.0323 e. The highest BCUT2D eigenvalue weighted by Crippen LogP contribution is 2.23. The Balaban J connectivity index is 2.10. The molecule has 1 heterocycles. The summed E-state index contributed by atoms with van der Waals surface area (Å²) in [6.07, 6.45) is 1.25. The van der Waals surface area contributed by atoms with E-state index in [1.807, 2.05) is 0 Å². The van der Waals surface area contributed by atoms with E-state index in [-0.39, 0.29) is 0 Å². The fraction of sp³-hybridized carbons (Fsp3) is 0.571. The monoisotopic (exact) mass is 218 g/mol. The Hall–Kier alpha value is -0.860. The summed E-state index contributed by atoms with van der Waals surface area (Å²) in [7, 11) is 0. The lowest BCUT2D eigenvalue weighted by molar-refractivity contribution is 0.163. The average Bonchev–Trinajstić information content (AvgIpc) is 2.54. The maximum atomic E-state index is 3.47. The summed E-state index contributed by atoms with van der Waals surface area (Å²) in [5, 5.41) is 3.47. The molecule has 2 heteroatoms. The molecular weight excluding hydrogens is 196 g/mol. The second kappa shape index (κ2) is 5.46. The summed E-state index contributed by atoms with van der Waals surface area (Å²) in [5.41, 5.74) is 1.43. The van der Waals surface area contributed by atoms with Gasteiger partial charge < -0.3 is 5.32 Å². The topological polar surface area (TPSA) is 15.3 Å².